The summed E-state index contributed by atoms with van der Waals surface area (Å²) in [6.45, 7) is 0.606. The first-order valence-electron chi connectivity index (χ1n) is 6.23. The Morgan fingerprint density at radius 3 is 2.83 bits per heavy atom. The summed E-state index contributed by atoms with van der Waals surface area (Å²) in [5.41, 5.74) is 1.12. The van der Waals surface area contributed by atoms with Crippen LogP contribution in [-0.2, 0) is 16.1 Å². The van der Waals surface area contributed by atoms with Crippen molar-refractivity contribution in [1.82, 2.24) is 5.32 Å². The van der Waals surface area contributed by atoms with Crippen LogP contribution in [0.4, 0.5) is 0 Å². The molecule has 1 aliphatic rings. The summed E-state index contributed by atoms with van der Waals surface area (Å²) in [6.07, 6.45) is 1.23. The van der Waals surface area contributed by atoms with Crippen molar-refractivity contribution in [3.63, 3.8) is 0 Å². The highest BCUT2D eigenvalue weighted by Gasteiger charge is 2.42. The maximum Gasteiger partial charge on any atom is 0.128 e. The highest BCUT2D eigenvalue weighted by Crippen LogP contribution is 2.28. The van der Waals surface area contributed by atoms with Crippen LogP contribution in [0, 0.1) is 0 Å². The molecule has 0 saturated heterocycles. The third-order valence-electron chi connectivity index (χ3n) is 3.39. The van der Waals surface area contributed by atoms with Crippen LogP contribution in [0.5, 0.6) is 5.75 Å². The molecule has 0 heterocycles. The molecular weight excluding hydrogens is 230 g/mol. The second-order valence-corrected chi connectivity index (χ2v) is 4.57. The van der Waals surface area contributed by atoms with Crippen molar-refractivity contribution in [3.8, 4) is 5.75 Å². The molecule has 4 nitrogen and oxygen atoms in total. The Hall–Kier alpha value is -1.10. The number of hydrogen-bond donors (Lipinski definition) is 1. The van der Waals surface area contributed by atoms with Crippen molar-refractivity contribution in [3.05, 3.63) is 29.8 Å². The van der Waals surface area contributed by atoms with Gasteiger partial charge in [0.1, 0.15) is 18.0 Å². The summed E-state index contributed by atoms with van der Waals surface area (Å²) < 4.78 is 16.5. The average Bonchev–Trinajstić information content (AvgIpc) is 2.35. The molecule has 0 radical (unpaired) electrons. The van der Waals surface area contributed by atoms with Gasteiger partial charge < -0.3 is 19.5 Å². The SMILES string of the molecule is CNC1CC(Oc2cccc(COC)c2)C1OC. The minimum Gasteiger partial charge on any atom is -0.488 e. The van der Waals surface area contributed by atoms with E-state index >= 15 is 0 Å². The van der Waals surface area contributed by atoms with Crippen LogP contribution in [0.15, 0.2) is 24.3 Å². The Bertz CT molecular complexity index is 383. The summed E-state index contributed by atoms with van der Waals surface area (Å²) in [7, 11) is 5.37. The zero-order chi connectivity index (χ0) is 13.0. The van der Waals surface area contributed by atoms with E-state index in [1.807, 2.05) is 31.3 Å². The average molecular weight is 251 g/mol. The topological polar surface area (TPSA) is 39.7 Å². The van der Waals surface area contributed by atoms with Crippen LogP contribution in [0.25, 0.3) is 0 Å². The molecule has 3 unspecified atom stereocenters. The molecule has 1 aliphatic carbocycles. The van der Waals surface area contributed by atoms with Gasteiger partial charge in [0, 0.05) is 26.7 Å². The van der Waals surface area contributed by atoms with Crippen LogP contribution >= 0.6 is 0 Å². The lowest BCUT2D eigenvalue weighted by atomic mass is 9.85. The van der Waals surface area contributed by atoms with Gasteiger partial charge in [-0.1, -0.05) is 12.1 Å². The molecule has 0 aromatic heterocycles. The minimum atomic E-state index is 0.126. The number of benzene rings is 1. The highest BCUT2D eigenvalue weighted by atomic mass is 16.5. The first-order valence-corrected chi connectivity index (χ1v) is 6.23. The van der Waals surface area contributed by atoms with Crippen molar-refractivity contribution in [2.45, 2.75) is 31.3 Å². The minimum absolute atomic E-state index is 0.126. The molecule has 1 fully saturated rings. The first-order chi connectivity index (χ1) is 8.78. The molecule has 4 heteroatoms. The van der Waals surface area contributed by atoms with Gasteiger partial charge in [-0.15, -0.1) is 0 Å². The molecule has 1 aromatic rings. The first kappa shape index (κ1) is 13.3. The quantitative estimate of drug-likeness (QED) is 0.833. The molecule has 18 heavy (non-hydrogen) atoms. The Balaban J connectivity index is 1.95. The number of likely N-dealkylation sites (N-methyl/N-ethyl adjacent to an activating group) is 1. The Morgan fingerprint density at radius 2 is 2.17 bits per heavy atom. The molecular formula is C14H21NO3. The van der Waals surface area contributed by atoms with E-state index < -0.39 is 0 Å². The van der Waals surface area contributed by atoms with Gasteiger partial charge in [-0.3, -0.25) is 0 Å². The fourth-order valence-electron chi connectivity index (χ4n) is 2.35. The molecule has 3 atom stereocenters. The Kier molecular flexibility index (Phi) is 4.58. The zero-order valence-corrected chi connectivity index (χ0v) is 11.2. The second-order valence-electron chi connectivity index (χ2n) is 4.57. The number of methoxy groups -OCH3 is 2. The standard InChI is InChI=1S/C14H21NO3/c1-15-12-8-13(14(12)17-3)18-11-6-4-5-10(7-11)9-16-2/h4-7,12-15H,8-9H2,1-3H3. The maximum atomic E-state index is 5.95. The van der Waals surface area contributed by atoms with Gasteiger partial charge in [-0.25, -0.2) is 0 Å². The summed E-state index contributed by atoms with van der Waals surface area (Å²) in [5, 5.41) is 3.22. The number of hydrogen-bond acceptors (Lipinski definition) is 4. The van der Waals surface area contributed by atoms with Crippen LogP contribution in [0.3, 0.4) is 0 Å². The molecule has 100 valence electrons. The third kappa shape index (κ3) is 2.83. The van der Waals surface area contributed by atoms with E-state index in [4.69, 9.17) is 14.2 Å². The lowest BCUT2D eigenvalue weighted by molar-refractivity contribution is -0.0870. The van der Waals surface area contributed by atoms with E-state index in [1.54, 1.807) is 14.2 Å². The maximum absolute atomic E-state index is 5.95. The van der Waals surface area contributed by atoms with Gasteiger partial charge in [0.15, 0.2) is 0 Å². The molecule has 1 N–H and O–H groups in total. The van der Waals surface area contributed by atoms with Crippen molar-refractivity contribution >= 4 is 0 Å². The van der Waals surface area contributed by atoms with E-state index in [0.717, 1.165) is 17.7 Å². The van der Waals surface area contributed by atoms with Crippen molar-refractivity contribution in [2.75, 3.05) is 21.3 Å². The van der Waals surface area contributed by atoms with Crippen LogP contribution in [0.2, 0.25) is 0 Å². The third-order valence-corrected chi connectivity index (χ3v) is 3.39. The van der Waals surface area contributed by atoms with Crippen LogP contribution in [-0.4, -0.2) is 39.5 Å². The lowest BCUT2D eigenvalue weighted by Gasteiger charge is -2.43. The predicted molar refractivity (Wildman–Crippen MR) is 69.8 cm³/mol. The monoisotopic (exact) mass is 251 g/mol. The summed E-state index contributed by atoms with van der Waals surface area (Å²) in [5.74, 6) is 0.881. The van der Waals surface area contributed by atoms with Gasteiger partial charge in [-0.2, -0.15) is 0 Å². The van der Waals surface area contributed by atoms with E-state index in [9.17, 15) is 0 Å². The molecule has 0 amide bonds. The normalized spacial score (nSPS) is 26.7. The van der Waals surface area contributed by atoms with Gasteiger partial charge in [0.05, 0.1) is 6.61 Å². The van der Waals surface area contributed by atoms with Crippen molar-refractivity contribution in [2.24, 2.45) is 0 Å². The van der Waals surface area contributed by atoms with E-state index in [0.29, 0.717) is 12.6 Å². The summed E-state index contributed by atoms with van der Waals surface area (Å²) >= 11 is 0. The van der Waals surface area contributed by atoms with Gasteiger partial charge >= 0.3 is 0 Å². The highest BCUT2D eigenvalue weighted by molar-refractivity contribution is 5.28. The molecule has 2 rings (SSSR count). The van der Waals surface area contributed by atoms with Crippen LogP contribution in [0.1, 0.15) is 12.0 Å². The lowest BCUT2D eigenvalue weighted by Crippen LogP contribution is -2.60. The van der Waals surface area contributed by atoms with Gasteiger partial charge in [-0.05, 0) is 24.7 Å². The van der Waals surface area contributed by atoms with E-state index in [1.165, 1.54) is 0 Å². The molecule has 1 aromatic carbocycles. The van der Waals surface area contributed by atoms with Crippen LogP contribution < -0.4 is 10.1 Å². The van der Waals surface area contributed by atoms with Crippen molar-refractivity contribution < 1.29 is 14.2 Å². The Labute approximate surface area is 108 Å². The Morgan fingerprint density at radius 1 is 1.33 bits per heavy atom. The molecule has 1 saturated carbocycles. The number of nitrogens with one attached hydrogen (secondary N) is 1. The largest absolute Gasteiger partial charge is 0.488 e. The fourth-order valence-corrected chi connectivity index (χ4v) is 2.35. The number of ether oxygens (including phenoxy) is 3. The van der Waals surface area contributed by atoms with Crippen molar-refractivity contribution in [1.29, 1.82) is 0 Å². The summed E-state index contributed by atoms with van der Waals surface area (Å²) in [6, 6.07) is 8.39. The van der Waals surface area contributed by atoms with Gasteiger partial charge in [0.2, 0.25) is 0 Å². The molecule has 0 bridgehead atoms. The van der Waals surface area contributed by atoms with E-state index in [2.05, 4.69) is 5.32 Å². The smallest absolute Gasteiger partial charge is 0.128 e. The second kappa shape index (κ2) is 6.18. The fraction of sp³-hybridized carbons (Fsp3) is 0.571. The molecule has 0 aliphatic heterocycles. The predicted octanol–water partition coefficient (Wildman–Crippen LogP) is 1.59. The van der Waals surface area contributed by atoms with E-state index in [-0.39, 0.29) is 12.2 Å². The zero-order valence-electron chi connectivity index (χ0n) is 11.2. The van der Waals surface area contributed by atoms with Gasteiger partial charge in [0.25, 0.3) is 0 Å². The number of rotatable bonds is 6. The molecule has 0 spiro atoms. The summed E-state index contributed by atoms with van der Waals surface area (Å²) in [4.78, 5) is 0.